The molecule has 16 heavy (non-hydrogen) atoms. The fourth-order valence-corrected chi connectivity index (χ4v) is 2.16. The van der Waals surface area contributed by atoms with Crippen molar-refractivity contribution in [3.63, 3.8) is 0 Å². The fourth-order valence-electron chi connectivity index (χ4n) is 2.16. The minimum atomic E-state index is 0.304. The predicted molar refractivity (Wildman–Crippen MR) is 67.7 cm³/mol. The van der Waals surface area contributed by atoms with Crippen LogP contribution >= 0.6 is 0 Å². The van der Waals surface area contributed by atoms with Gasteiger partial charge in [0.15, 0.2) is 0 Å². The van der Waals surface area contributed by atoms with E-state index < -0.39 is 0 Å². The van der Waals surface area contributed by atoms with E-state index in [9.17, 15) is 0 Å². The highest BCUT2D eigenvalue weighted by Gasteiger charge is 2.18. The first-order chi connectivity index (χ1) is 7.66. The molecule has 1 saturated heterocycles. The largest absolute Gasteiger partial charge is 0.355 e. The topological polar surface area (TPSA) is 42.1 Å². The molecule has 0 aromatic carbocycles. The first-order valence-corrected chi connectivity index (χ1v) is 6.14. The Morgan fingerprint density at radius 3 is 2.94 bits per heavy atom. The van der Waals surface area contributed by atoms with Gasteiger partial charge in [-0.25, -0.2) is 4.98 Å². The molecule has 0 bridgehead atoms. The van der Waals surface area contributed by atoms with Gasteiger partial charge in [-0.05, 0) is 30.9 Å². The van der Waals surface area contributed by atoms with Crippen LogP contribution in [-0.4, -0.2) is 24.1 Å². The zero-order chi connectivity index (χ0) is 11.5. The third-order valence-electron chi connectivity index (χ3n) is 3.13. The van der Waals surface area contributed by atoms with Crippen LogP contribution in [0.25, 0.3) is 0 Å². The van der Waals surface area contributed by atoms with E-state index in [1.807, 2.05) is 0 Å². The summed E-state index contributed by atoms with van der Waals surface area (Å²) in [5.74, 6) is 1.57. The summed E-state index contributed by atoms with van der Waals surface area (Å²) in [5, 5.41) is 0. The average molecular weight is 219 g/mol. The second-order valence-electron chi connectivity index (χ2n) is 4.92. The van der Waals surface area contributed by atoms with Crippen molar-refractivity contribution >= 4 is 5.82 Å². The van der Waals surface area contributed by atoms with E-state index in [0.717, 1.165) is 31.0 Å². The molecule has 1 aliphatic heterocycles. The second kappa shape index (κ2) is 4.83. The summed E-state index contributed by atoms with van der Waals surface area (Å²) < 4.78 is 0. The Hall–Kier alpha value is -1.09. The van der Waals surface area contributed by atoms with Crippen molar-refractivity contribution < 1.29 is 0 Å². The lowest BCUT2D eigenvalue weighted by molar-refractivity contribution is 0.502. The van der Waals surface area contributed by atoms with Crippen molar-refractivity contribution in [1.29, 1.82) is 0 Å². The lowest BCUT2D eigenvalue weighted by Crippen LogP contribution is -2.43. The number of nitrogens with zero attached hydrogens (tertiary/aromatic N) is 2. The molecule has 1 fully saturated rings. The third kappa shape index (κ3) is 2.53. The van der Waals surface area contributed by atoms with E-state index in [4.69, 9.17) is 10.7 Å². The van der Waals surface area contributed by atoms with Gasteiger partial charge in [0.2, 0.25) is 0 Å². The Morgan fingerprint density at radius 2 is 2.25 bits per heavy atom. The molecule has 1 atom stereocenters. The number of hydrogen-bond acceptors (Lipinski definition) is 3. The Labute approximate surface area is 97.7 Å². The quantitative estimate of drug-likeness (QED) is 0.828. The number of hydrogen-bond donors (Lipinski definition) is 1. The molecular formula is C13H21N3. The van der Waals surface area contributed by atoms with Crippen LogP contribution < -0.4 is 10.6 Å². The molecule has 0 amide bonds. The van der Waals surface area contributed by atoms with Crippen molar-refractivity contribution in [2.75, 3.05) is 18.0 Å². The summed E-state index contributed by atoms with van der Waals surface area (Å²) in [4.78, 5) is 7.01. The fraction of sp³-hybridized carbons (Fsp3) is 0.615. The molecule has 0 unspecified atom stereocenters. The van der Waals surface area contributed by atoms with E-state index in [1.165, 1.54) is 6.42 Å². The molecule has 0 aliphatic carbocycles. The Kier molecular flexibility index (Phi) is 3.44. The molecule has 2 rings (SSSR count). The van der Waals surface area contributed by atoms with Gasteiger partial charge in [0, 0.05) is 24.8 Å². The highest BCUT2D eigenvalue weighted by molar-refractivity contribution is 5.40. The van der Waals surface area contributed by atoms with Crippen LogP contribution in [-0.2, 0) is 0 Å². The summed E-state index contributed by atoms with van der Waals surface area (Å²) in [7, 11) is 0. The summed E-state index contributed by atoms with van der Waals surface area (Å²) in [6, 6.07) is 6.58. The predicted octanol–water partition coefficient (Wildman–Crippen LogP) is 2.13. The molecule has 3 nitrogen and oxygen atoms in total. The van der Waals surface area contributed by atoms with Gasteiger partial charge in [-0.3, -0.25) is 0 Å². The minimum Gasteiger partial charge on any atom is -0.355 e. The van der Waals surface area contributed by atoms with Crippen molar-refractivity contribution in [3.8, 4) is 0 Å². The van der Waals surface area contributed by atoms with Crippen molar-refractivity contribution in [3.05, 3.63) is 23.9 Å². The monoisotopic (exact) mass is 219 g/mol. The standard InChI is InChI=1S/C13H21N3/c1-10(2)12-6-3-7-13(15-12)16-8-4-5-11(14)9-16/h3,6-7,10-11H,4-5,8-9,14H2,1-2H3/t11-/m0/s1. The molecule has 2 heterocycles. The molecular weight excluding hydrogens is 198 g/mol. The molecule has 1 aliphatic rings. The Bertz CT molecular complexity index is 349. The van der Waals surface area contributed by atoms with E-state index in [2.05, 4.69) is 36.9 Å². The van der Waals surface area contributed by atoms with Gasteiger partial charge in [-0.1, -0.05) is 19.9 Å². The van der Waals surface area contributed by atoms with Gasteiger partial charge in [0.25, 0.3) is 0 Å². The van der Waals surface area contributed by atoms with Crippen molar-refractivity contribution in [2.24, 2.45) is 5.73 Å². The zero-order valence-electron chi connectivity index (χ0n) is 10.2. The molecule has 1 aromatic rings. The minimum absolute atomic E-state index is 0.304. The lowest BCUT2D eigenvalue weighted by Gasteiger charge is -2.32. The van der Waals surface area contributed by atoms with Crippen LogP contribution in [0.4, 0.5) is 5.82 Å². The van der Waals surface area contributed by atoms with E-state index >= 15 is 0 Å². The van der Waals surface area contributed by atoms with Gasteiger partial charge in [0.05, 0.1) is 0 Å². The third-order valence-corrected chi connectivity index (χ3v) is 3.13. The molecule has 2 N–H and O–H groups in total. The summed E-state index contributed by atoms with van der Waals surface area (Å²) in [5.41, 5.74) is 7.15. The van der Waals surface area contributed by atoms with Gasteiger partial charge in [-0.2, -0.15) is 0 Å². The van der Waals surface area contributed by atoms with E-state index in [1.54, 1.807) is 0 Å². The van der Waals surface area contributed by atoms with Crippen LogP contribution in [0.5, 0.6) is 0 Å². The Balaban J connectivity index is 2.16. The lowest BCUT2D eigenvalue weighted by atomic mass is 10.1. The molecule has 3 heteroatoms. The SMILES string of the molecule is CC(C)c1cccc(N2CCC[C@H](N)C2)n1. The molecule has 88 valence electrons. The molecule has 0 spiro atoms. The number of rotatable bonds is 2. The summed E-state index contributed by atoms with van der Waals surface area (Å²) in [6.07, 6.45) is 2.31. The van der Waals surface area contributed by atoms with Gasteiger partial charge in [0.1, 0.15) is 5.82 Å². The van der Waals surface area contributed by atoms with Crippen LogP contribution in [0.15, 0.2) is 18.2 Å². The van der Waals surface area contributed by atoms with E-state index in [-0.39, 0.29) is 0 Å². The summed E-state index contributed by atoms with van der Waals surface area (Å²) in [6.45, 7) is 6.37. The van der Waals surface area contributed by atoms with Gasteiger partial charge in [-0.15, -0.1) is 0 Å². The van der Waals surface area contributed by atoms with Crippen LogP contribution in [0.2, 0.25) is 0 Å². The maximum atomic E-state index is 5.99. The first-order valence-electron chi connectivity index (χ1n) is 6.14. The van der Waals surface area contributed by atoms with Crippen LogP contribution in [0.3, 0.4) is 0 Å². The van der Waals surface area contributed by atoms with Gasteiger partial charge < -0.3 is 10.6 Å². The summed E-state index contributed by atoms with van der Waals surface area (Å²) >= 11 is 0. The maximum Gasteiger partial charge on any atom is 0.128 e. The average Bonchev–Trinajstić information content (AvgIpc) is 2.29. The normalized spacial score (nSPS) is 21.5. The van der Waals surface area contributed by atoms with Crippen molar-refractivity contribution in [2.45, 2.75) is 38.6 Å². The maximum absolute atomic E-state index is 5.99. The number of piperidine rings is 1. The van der Waals surface area contributed by atoms with Crippen LogP contribution in [0, 0.1) is 0 Å². The molecule has 0 saturated carbocycles. The number of nitrogens with two attached hydrogens (primary N) is 1. The number of pyridine rings is 1. The highest BCUT2D eigenvalue weighted by atomic mass is 15.2. The number of anilines is 1. The van der Waals surface area contributed by atoms with Crippen molar-refractivity contribution in [1.82, 2.24) is 4.98 Å². The van der Waals surface area contributed by atoms with Gasteiger partial charge >= 0.3 is 0 Å². The smallest absolute Gasteiger partial charge is 0.128 e. The van der Waals surface area contributed by atoms with Crippen LogP contribution in [0.1, 0.15) is 38.3 Å². The zero-order valence-corrected chi connectivity index (χ0v) is 10.2. The first kappa shape index (κ1) is 11.4. The number of aromatic nitrogens is 1. The second-order valence-corrected chi connectivity index (χ2v) is 4.92. The van der Waals surface area contributed by atoms with E-state index in [0.29, 0.717) is 12.0 Å². The Morgan fingerprint density at radius 1 is 1.44 bits per heavy atom. The highest BCUT2D eigenvalue weighted by Crippen LogP contribution is 2.20. The molecule has 1 aromatic heterocycles. The molecule has 0 radical (unpaired) electrons.